The first-order valence-corrected chi connectivity index (χ1v) is 6.59. The highest BCUT2D eigenvalue weighted by molar-refractivity contribution is 6.33. The van der Waals surface area contributed by atoms with Crippen LogP contribution in [0.1, 0.15) is 5.56 Å². The molecule has 1 heterocycles. The van der Waals surface area contributed by atoms with E-state index in [1.54, 1.807) is 18.3 Å². The maximum Gasteiger partial charge on any atom is 0.0881 e. The second-order valence-electron chi connectivity index (χ2n) is 4.23. The summed E-state index contributed by atoms with van der Waals surface area (Å²) in [5, 5.41) is 12.8. The summed E-state index contributed by atoms with van der Waals surface area (Å²) in [5.74, 6) is 0. The van der Waals surface area contributed by atoms with Gasteiger partial charge in [-0.3, -0.25) is 5.10 Å². The fourth-order valence-corrected chi connectivity index (χ4v) is 2.36. The maximum absolute atomic E-state index is 6.14. The minimum absolute atomic E-state index is 0.609. The van der Waals surface area contributed by atoms with Crippen LogP contribution in [0.15, 0.2) is 42.6 Å². The molecule has 0 spiro atoms. The molecule has 0 aliphatic rings. The lowest BCUT2D eigenvalue weighted by Crippen LogP contribution is -2.00. The summed E-state index contributed by atoms with van der Waals surface area (Å²) in [5.41, 5.74) is 2.94. The van der Waals surface area contributed by atoms with Crippen LogP contribution in [0.4, 0.5) is 5.69 Å². The van der Waals surface area contributed by atoms with Gasteiger partial charge in [-0.05, 0) is 29.8 Å². The number of nitrogens with one attached hydrogen (secondary N) is 2. The van der Waals surface area contributed by atoms with E-state index in [1.165, 1.54) is 0 Å². The maximum atomic E-state index is 6.14. The van der Waals surface area contributed by atoms with Crippen LogP contribution in [0.3, 0.4) is 0 Å². The normalized spacial score (nSPS) is 10.8. The Labute approximate surface area is 120 Å². The molecule has 0 radical (unpaired) electrons. The molecule has 0 saturated carbocycles. The van der Waals surface area contributed by atoms with Crippen LogP contribution in [0.2, 0.25) is 10.0 Å². The molecule has 0 bridgehead atoms. The predicted molar refractivity (Wildman–Crippen MR) is 79.9 cm³/mol. The van der Waals surface area contributed by atoms with E-state index in [1.807, 2.05) is 24.3 Å². The predicted octanol–water partition coefficient (Wildman–Crippen LogP) is 4.48. The Bertz CT molecular complexity index is 722. The number of halogens is 2. The zero-order valence-electron chi connectivity index (χ0n) is 9.95. The number of anilines is 1. The molecule has 1 aromatic heterocycles. The van der Waals surface area contributed by atoms with Crippen molar-refractivity contribution in [3.05, 3.63) is 58.2 Å². The first-order chi connectivity index (χ1) is 9.24. The molecule has 5 heteroatoms. The van der Waals surface area contributed by atoms with Crippen molar-refractivity contribution in [3.8, 4) is 0 Å². The van der Waals surface area contributed by atoms with Crippen LogP contribution in [0, 0.1) is 0 Å². The smallest absolute Gasteiger partial charge is 0.0881 e. The van der Waals surface area contributed by atoms with E-state index in [4.69, 9.17) is 23.2 Å². The monoisotopic (exact) mass is 291 g/mol. The van der Waals surface area contributed by atoms with Crippen LogP contribution < -0.4 is 5.32 Å². The van der Waals surface area contributed by atoms with Gasteiger partial charge in [-0.15, -0.1) is 0 Å². The summed E-state index contributed by atoms with van der Waals surface area (Å²) in [7, 11) is 0. The molecule has 0 unspecified atom stereocenters. The average molecular weight is 292 g/mol. The zero-order chi connectivity index (χ0) is 13.2. The van der Waals surface area contributed by atoms with Crippen LogP contribution in [-0.2, 0) is 6.54 Å². The first-order valence-electron chi connectivity index (χ1n) is 5.84. The molecule has 0 saturated heterocycles. The molecule has 0 atom stereocenters. The third-order valence-electron chi connectivity index (χ3n) is 2.95. The van der Waals surface area contributed by atoms with E-state index in [0.29, 0.717) is 16.6 Å². The summed E-state index contributed by atoms with van der Waals surface area (Å²) < 4.78 is 0. The first kappa shape index (κ1) is 12.3. The number of para-hydroxylation sites is 1. The second-order valence-corrected chi connectivity index (χ2v) is 5.07. The molecule has 19 heavy (non-hydrogen) atoms. The van der Waals surface area contributed by atoms with Crippen LogP contribution in [0.25, 0.3) is 10.9 Å². The largest absolute Gasteiger partial charge is 0.379 e. The van der Waals surface area contributed by atoms with Crippen molar-refractivity contribution in [2.75, 3.05) is 5.32 Å². The van der Waals surface area contributed by atoms with E-state index in [9.17, 15) is 0 Å². The highest BCUT2D eigenvalue weighted by Gasteiger charge is 2.04. The van der Waals surface area contributed by atoms with Gasteiger partial charge in [0.1, 0.15) is 0 Å². The van der Waals surface area contributed by atoms with Gasteiger partial charge in [0.15, 0.2) is 0 Å². The Balaban J connectivity index is 1.86. The molecular formula is C14H11Cl2N3. The fourth-order valence-electron chi connectivity index (χ4n) is 1.99. The Morgan fingerprint density at radius 2 is 2.05 bits per heavy atom. The Kier molecular flexibility index (Phi) is 3.32. The van der Waals surface area contributed by atoms with Gasteiger partial charge >= 0.3 is 0 Å². The lowest BCUT2D eigenvalue weighted by atomic mass is 10.2. The van der Waals surface area contributed by atoms with Crippen molar-refractivity contribution in [2.45, 2.75) is 6.54 Å². The highest BCUT2D eigenvalue weighted by atomic mass is 35.5. The van der Waals surface area contributed by atoms with Gasteiger partial charge in [-0.25, -0.2) is 0 Å². The number of nitrogens with zero attached hydrogens (tertiary/aromatic N) is 1. The van der Waals surface area contributed by atoms with Gasteiger partial charge in [-0.1, -0.05) is 35.3 Å². The molecule has 3 rings (SSSR count). The molecule has 0 amide bonds. The van der Waals surface area contributed by atoms with Crippen LogP contribution in [0.5, 0.6) is 0 Å². The number of hydrogen-bond acceptors (Lipinski definition) is 2. The molecule has 2 N–H and O–H groups in total. The third kappa shape index (κ3) is 2.53. The van der Waals surface area contributed by atoms with E-state index in [2.05, 4.69) is 15.5 Å². The fraction of sp³-hybridized carbons (Fsp3) is 0.0714. The van der Waals surface area contributed by atoms with Crippen molar-refractivity contribution in [1.29, 1.82) is 0 Å². The van der Waals surface area contributed by atoms with Crippen molar-refractivity contribution in [2.24, 2.45) is 0 Å². The second kappa shape index (κ2) is 5.11. The summed E-state index contributed by atoms with van der Waals surface area (Å²) >= 11 is 12.1. The molecule has 0 fully saturated rings. The Morgan fingerprint density at radius 1 is 1.16 bits per heavy atom. The summed E-state index contributed by atoms with van der Waals surface area (Å²) in [4.78, 5) is 0. The quantitative estimate of drug-likeness (QED) is 0.747. The number of H-pyrrole nitrogens is 1. The van der Waals surface area contributed by atoms with Crippen molar-refractivity contribution in [1.82, 2.24) is 10.2 Å². The lowest BCUT2D eigenvalue weighted by Gasteiger charge is -2.09. The van der Waals surface area contributed by atoms with Crippen LogP contribution in [-0.4, -0.2) is 10.2 Å². The van der Waals surface area contributed by atoms with Gasteiger partial charge < -0.3 is 5.32 Å². The molecule has 2 aromatic carbocycles. The van der Waals surface area contributed by atoms with Gasteiger partial charge in [-0.2, -0.15) is 5.10 Å². The van der Waals surface area contributed by atoms with Gasteiger partial charge in [0.2, 0.25) is 0 Å². The van der Waals surface area contributed by atoms with Crippen molar-refractivity contribution >= 4 is 39.8 Å². The number of hydrogen-bond donors (Lipinski definition) is 2. The highest BCUT2D eigenvalue weighted by Crippen LogP contribution is 2.24. The Morgan fingerprint density at radius 3 is 2.95 bits per heavy atom. The zero-order valence-corrected chi connectivity index (χ0v) is 11.5. The van der Waals surface area contributed by atoms with E-state index in [-0.39, 0.29) is 0 Å². The number of fused-ring (bicyclic) bond motifs is 1. The number of benzene rings is 2. The molecule has 96 valence electrons. The van der Waals surface area contributed by atoms with E-state index < -0.39 is 0 Å². The molecule has 3 nitrogen and oxygen atoms in total. The van der Waals surface area contributed by atoms with Gasteiger partial charge in [0.25, 0.3) is 0 Å². The third-order valence-corrected chi connectivity index (χ3v) is 3.56. The summed E-state index contributed by atoms with van der Waals surface area (Å²) in [6.07, 6.45) is 1.80. The topological polar surface area (TPSA) is 40.7 Å². The van der Waals surface area contributed by atoms with E-state index in [0.717, 1.165) is 22.2 Å². The average Bonchev–Trinajstić information content (AvgIpc) is 2.88. The summed E-state index contributed by atoms with van der Waals surface area (Å²) in [6, 6.07) is 11.4. The summed E-state index contributed by atoms with van der Waals surface area (Å²) in [6.45, 7) is 0.609. The minimum atomic E-state index is 0.609. The number of aromatic amines is 1. The molecular weight excluding hydrogens is 281 g/mol. The molecule has 0 aliphatic carbocycles. The van der Waals surface area contributed by atoms with E-state index >= 15 is 0 Å². The molecule has 3 aromatic rings. The van der Waals surface area contributed by atoms with Crippen molar-refractivity contribution in [3.63, 3.8) is 0 Å². The number of rotatable bonds is 3. The van der Waals surface area contributed by atoms with Gasteiger partial charge in [0, 0.05) is 22.0 Å². The molecule has 0 aliphatic heterocycles. The Hall–Kier alpha value is -1.71. The standard InChI is InChI=1S/C14H11Cl2N3/c15-11-4-5-12(16)10(6-11)7-17-13-3-1-2-9-8-18-19-14(9)13/h1-6,8,17H,7H2,(H,18,19). The van der Waals surface area contributed by atoms with Crippen LogP contribution >= 0.6 is 23.2 Å². The minimum Gasteiger partial charge on any atom is -0.379 e. The lowest BCUT2D eigenvalue weighted by molar-refractivity contribution is 1.11. The SMILES string of the molecule is Clc1ccc(Cl)c(CNc2cccc3cn[nH]c23)c1. The van der Waals surface area contributed by atoms with Crippen molar-refractivity contribution < 1.29 is 0 Å². The van der Waals surface area contributed by atoms with Gasteiger partial charge in [0.05, 0.1) is 17.4 Å². The number of aromatic nitrogens is 2.